The average Bonchev–Trinajstić information content (AvgIpc) is 3.10. The molecule has 2 N–H and O–H groups in total. The van der Waals surface area contributed by atoms with Crippen LogP contribution in [0.3, 0.4) is 0 Å². The fraction of sp³-hybridized carbons (Fsp3) is 0.615. The molecule has 1 amide bonds. The molecule has 0 radical (unpaired) electrons. The lowest BCUT2D eigenvalue weighted by Gasteiger charge is -2.32. The van der Waals surface area contributed by atoms with Gasteiger partial charge in [-0.15, -0.1) is 12.4 Å². The number of aromatic amines is 1. The fourth-order valence-electron chi connectivity index (χ4n) is 2.91. The van der Waals surface area contributed by atoms with Gasteiger partial charge in [-0.05, 0) is 18.6 Å². The first kappa shape index (κ1) is 14.4. The Labute approximate surface area is 119 Å². The molecule has 3 rings (SSSR count). The first-order chi connectivity index (χ1) is 8.84. The van der Waals surface area contributed by atoms with E-state index in [1.807, 2.05) is 17.0 Å². The summed E-state index contributed by atoms with van der Waals surface area (Å²) in [6.07, 6.45) is 2.91. The Hall–Kier alpha value is -1.04. The van der Waals surface area contributed by atoms with Gasteiger partial charge in [0.2, 0.25) is 0 Å². The maximum Gasteiger partial charge on any atom is 0.270 e. The summed E-state index contributed by atoms with van der Waals surface area (Å²) < 4.78 is 0. The quantitative estimate of drug-likeness (QED) is 0.834. The van der Waals surface area contributed by atoms with Crippen LogP contribution in [0.2, 0.25) is 0 Å². The number of H-pyrrole nitrogens is 1. The highest BCUT2D eigenvalue weighted by Gasteiger charge is 2.31. The van der Waals surface area contributed by atoms with Gasteiger partial charge in [-0.3, -0.25) is 9.69 Å². The highest BCUT2D eigenvalue weighted by molar-refractivity contribution is 5.92. The second-order valence-corrected chi connectivity index (χ2v) is 5.06. The smallest absolute Gasteiger partial charge is 0.270 e. The third kappa shape index (κ3) is 3.11. The van der Waals surface area contributed by atoms with Crippen molar-refractivity contribution in [3.05, 3.63) is 24.0 Å². The SMILES string of the molecule is Cl.O=C(c1ccc[nH]1)N1CCC(N2CCNCC2)C1. The Morgan fingerprint density at radius 2 is 2.05 bits per heavy atom. The molecule has 0 spiro atoms. The zero-order valence-corrected chi connectivity index (χ0v) is 11.8. The van der Waals surface area contributed by atoms with E-state index in [0.29, 0.717) is 11.7 Å². The summed E-state index contributed by atoms with van der Waals surface area (Å²) in [7, 11) is 0. The van der Waals surface area contributed by atoms with Crippen molar-refractivity contribution in [2.45, 2.75) is 12.5 Å². The molecule has 1 aromatic heterocycles. The number of halogens is 1. The van der Waals surface area contributed by atoms with E-state index in [4.69, 9.17) is 0 Å². The molecular formula is C13H21ClN4O. The van der Waals surface area contributed by atoms with Crippen molar-refractivity contribution in [2.75, 3.05) is 39.3 Å². The molecule has 6 heteroatoms. The lowest BCUT2D eigenvalue weighted by Crippen LogP contribution is -2.49. The van der Waals surface area contributed by atoms with E-state index in [2.05, 4.69) is 15.2 Å². The Kier molecular flexibility index (Phi) is 4.85. The number of aromatic nitrogens is 1. The summed E-state index contributed by atoms with van der Waals surface area (Å²) in [5.74, 6) is 0.137. The van der Waals surface area contributed by atoms with Gasteiger partial charge in [-0.25, -0.2) is 0 Å². The molecule has 1 atom stereocenters. The van der Waals surface area contributed by atoms with Crippen molar-refractivity contribution in [3.8, 4) is 0 Å². The van der Waals surface area contributed by atoms with Gasteiger partial charge in [0, 0.05) is 51.5 Å². The van der Waals surface area contributed by atoms with Crippen molar-refractivity contribution >= 4 is 18.3 Å². The van der Waals surface area contributed by atoms with E-state index in [-0.39, 0.29) is 18.3 Å². The van der Waals surface area contributed by atoms with E-state index >= 15 is 0 Å². The van der Waals surface area contributed by atoms with Crippen LogP contribution >= 0.6 is 12.4 Å². The monoisotopic (exact) mass is 284 g/mol. The molecule has 2 fully saturated rings. The number of nitrogens with one attached hydrogen (secondary N) is 2. The zero-order valence-electron chi connectivity index (χ0n) is 11.0. The lowest BCUT2D eigenvalue weighted by atomic mass is 10.2. The number of piperazine rings is 1. The molecule has 19 heavy (non-hydrogen) atoms. The van der Waals surface area contributed by atoms with Crippen LogP contribution in [0.5, 0.6) is 0 Å². The first-order valence-electron chi connectivity index (χ1n) is 6.72. The molecule has 2 saturated heterocycles. The van der Waals surface area contributed by atoms with E-state index in [9.17, 15) is 4.79 Å². The van der Waals surface area contributed by atoms with Gasteiger partial charge in [0.25, 0.3) is 5.91 Å². The number of nitrogens with zero attached hydrogens (tertiary/aromatic N) is 2. The largest absolute Gasteiger partial charge is 0.357 e. The van der Waals surface area contributed by atoms with Crippen LogP contribution in [0.15, 0.2) is 18.3 Å². The van der Waals surface area contributed by atoms with E-state index in [0.717, 1.165) is 45.7 Å². The molecule has 2 aliphatic rings. The summed E-state index contributed by atoms with van der Waals surface area (Å²) in [5.41, 5.74) is 0.705. The Morgan fingerprint density at radius 1 is 1.26 bits per heavy atom. The molecule has 106 valence electrons. The third-order valence-electron chi connectivity index (χ3n) is 3.95. The predicted octanol–water partition coefficient (Wildman–Crippen LogP) is 0.556. The second kappa shape index (κ2) is 6.41. The van der Waals surface area contributed by atoms with Crippen LogP contribution in [0, 0.1) is 0 Å². The highest BCUT2D eigenvalue weighted by Crippen LogP contribution is 2.18. The van der Waals surface area contributed by atoms with Gasteiger partial charge in [0.15, 0.2) is 0 Å². The molecule has 1 aromatic rings. The Bertz CT molecular complexity index is 403. The van der Waals surface area contributed by atoms with Gasteiger partial charge in [0.1, 0.15) is 5.69 Å². The van der Waals surface area contributed by atoms with Crippen LogP contribution in [-0.2, 0) is 0 Å². The summed E-state index contributed by atoms with van der Waals surface area (Å²) in [5, 5.41) is 3.37. The van der Waals surface area contributed by atoms with Gasteiger partial charge in [-0.2, -0.15) is 0 Å². The number of carbonyl (C=O) groups excluding carboxylic acids is 1. The maximum absolute atomic E-state index is 12.2. The summed E-state index contributed by atoms with van der Waals surface area (Å²) in [6.45, 7) is 6.11. The molecule has 0 bridgehead atoms. The molecule has 3 heterocycles. The van der Waals surface area contributed by atoms with Crippen LogP contribution in [0.1, 0.15) is 16.9 Å². The van der Waals surface area contributed by atoms with Crippen molar-refractivity contribution in [1.82, 2.24) is 20.1 Å². The molecule has 5 nitrogen and oxygen atoms in total. The minimum absolute atomic E-state index is 0. The van der Waals surface area contributed by atoms with Crippen LogP contribution in [0.4, 0.5) is 0 Å². The van der Waals surface area contributed by atoms with Crippen molar-refractivity contribution in [3.63, 3.8) is 0 Å². The van der Waals surface area contributed by atoms with E-state index in [1.165, 1.54) is 0 Å². The normalized spacial score (nSPS) is 24.2. The summed E-state index contributed by atoms with van der Waals surface area (Å²) in [4.78, 5) is 19.7. The highest BCUT2D eigenvalue weighted by atomic mass is 35.5. The molecule has 0 saturated carbocycles. The zero-order chi connectivity index (χ0) is 12.4. The standard InChI is InChI=1S/C13H20N4O.ClH/c18-13(12-2-1-4-15-12)17-7-3-11(10-17)16-8-5-14-6-9-16;/h1-2,4,11,14-15H,3,5-10H2;1H. The number of amides is 1. The van der Waals surface area contributed by atoms with Crippen LogP contribution < -0.4 is 5.32 Å². The number of likely N-dealkylation sites (tertiary alicyclic amines) is 1. The molecule has 1 unspecified atom stereocenters. The average molecular weight is 285 g/mol. The minimum Gasteiger partial charge on any atom is -0.357 e. The van der Waals surface area contributed by atoms with Crippen molar-refractivity contribution < 1.29 is 4.79 Å². The molecule has 2 aliphatic heterocycles. The number of rotatable bonds is 2. The topological polar surface area (TPSA) is 51.4 Å². The summed E-state index contributed by atoms with van der Waals surface area (Å²) in [6, 6.07) is 4.27. The lowest BCUT2D eigenvalue weighted by molar-refractivity contribution is 0.0768. The molecule has 0 aliphatic carbocycles. The second-order valence-electron chi connectivity index (χ2n) is 5.06. The molecular weight excluding hydrogens is 264 g/mol. The predicted molar refractivity (Wildman–Crippen MR) is 76.8 cm³/mol. The third-order valence-corrected chi connectivity index (χ3v) is 3.95. The summed E-state index contributed by atoms with van der Waals surface area (Å²) >= 11 is 0. The van der Waals surface area contributed by atoms with Gasteiger partial charge >= 0.3 is 0 Å². The number of hydrogen-bond acceptors (Lipinski definition) is 3. The van der Waals surface area contributed by atoms with Crippen LogP contribution in [0.25, 0.3) is 0 Å². The van der Waals surface area contributed by atoms with Crippen molar-refractivity contribution in [2.24, 2.45) is 0 Å². The number of hydrogen-bond donors (Lipinski definition) is 2. The fourth-order valence-corrected chi connectivity index (χ4v) is 2.91. The maximum atomic E-state index is 12.2. The van der Waals surface area contributed by atoms with Gasteiger partial charge in [0.05, 0.1) is 0 Å². The van der Waals surface area contributed by atoms with E-state index < -0.39 is 0 Å². The van der Waals surface area contributed by atoms with Gasteiger partial charge < -0.3 is 15.2 Å². The minimum atomic E-state index is 0. The number of carbonyl (C=O) groups is 1. The Balaban J connectivity index is 0.00000133. The van der Waals surface area contributed by atoms with Crippen molar-refractivity contribution in [1.29, 1.82) is 0 Å². The van der Waals surface area contributed by atoms with Crippen LogP contribution in [-0.4, -0.2) is 66.0 Å². The molecule has 0 aromatic carbocycles. The Morgan fingerprint density at radius 3 is 2.74 bits per heavy atom. The van der Waals surface area contributed by atoms with E-state index in [1.54, 1.807) is 6.20 Å². The van der Waals surface area contributed by atoms with Gasteiger partial charge in [-0.1, -0.05) is 0 Å². The first-order valence-corrected chi connectivity index (χ1v) is 6.72.